The smallest absolute Gasteiger partial charge is 0.243 e. The fourth-order valence-corrected chi connectivity index (χ4v) is 6.15. The standard InChI is InChI=1S/C22H22FN5O2S/c1-15-9-16(14-28(15)31(29,30)19-4-2-3-18(23)10-19)13-27-8-7-21-22(27)6-5-20(26-21)17-11-24-25-12-17/h2-8,10-12,15-16H,9,13-14H2,1H3,(H,24,25)/t15-,16-/m0/s1. The largest absolute Gasteiger partial charge is 0.346 e. The third-order valence-corrected chi connectivity index (χ3v) is 7.86. The zero-order chi connectivity index (χ0) is 21.6. The quantitative estimate of drug-likeness (QED) is 0.514. The Morgan fingerprint density at radius 2 is 2.10 bits per heavy atom. The fraction of sp³-hybridized carbons (Fsp3) is 0.273. The van der Waals surface area contributed by atoms with Gasteiger partial charge in [0.15, 0.2) is 0 Å². The average molecular weight is 440 g/mol. The summed E-state index contributed by atoms with van der Waals surface area (Å²) in [5, 5.41) is 6.76. The number of H-pyrrole nitrogens is 1. The second-order valence-electron chi connectivity index (χ2n) is 8.04. The zero-order valence-corrected chi connectivity index (χ0v) is 17.8. The van der Waals surface area contributed by atoms with Crippen molar-refractivity contribution >= 4 is 21.1 Å². The molecule has 9 heteroatoms. The van der Waals surface area contributed by atoms with Crippen LogP contribution >= 0.6 is 0 Å². The molecule has 5 rings (SSSR count). The summed E-state index contributed by atoms with van der Waals surface area (Å²) in [6.45, 7) is 3.00. The van der Waals surface area contributed by atoms with Crippen LogP contribution in [0.5, 0.6) is 0 Å². The molecule has 0 amide bonds. The molecule has 0 unspecified atom stereocenters. The molecule has 1 aliphatic heterocycles. The highest BCUT2D eigenvalue weighted by Gasteiger charge is 2.38. The predicted octanol–water partition coefficient (Wildman–Crippen LogP) is 3.66. The van der Waals surface area contributed by atoms with Crippen molar-refractivity contribution in [1.29, 1.82) is 0 Å². The third kappa shape index (κ3) is 3.64. The van der Waals surface area contributed by atoms with Gasteiger partial charge in [0.1, 0.15) is 5.82 Å². The molecule has 1 aliphatic rings. The van der Waals surface area contributed by atoms with Gasteiger partial charge in [-0.15, -0.1) is 0 Å². The second kappa shape index (κ2) is 7.58. The summed E-state index contributed by atoms with van der Waals surface area (Å²) >= 11 is 0. The Bertz CT molecular complexity index is 1330. The number of nitrogens with one attached hydrogen (secondary N) is 1. The van der Waals surface area contributed by atoms with Crippen LogP contribution in [0.15, 0.2) is 66.0 Å². The van der Waals surface area contributed by atoms with Crippen LogP contribution in [-0.4, -0.2) is 45.1 Å². The summed E-state index contributed by atoms with van der Waals surface area (Å²) in [5.41, 5.74) is 3.67. The van der Waals surface area contributed by atoms with Gasteiger partial charge in [-0.05, 0) is 55.7 Å². The Morgan fingerprint density at radius 1 is 1.23 bits per heavy atom. The van der Waals surface area contributed by atoms with Crippen molar-refractivity contribution in [3.63, 3.8) is 0 Å². The summed E-state index contributed by atoms with van der Waals surface area (Å²) in [6.07, 6.45) is 6.28. The van der Waals surface area contributed by atoms with Crippen molar-refractivity contribution in [1.82, 2.24) is 24.1 Å². The summed E-state index contributed by atoms with van der Waals surface area (Å²) in [7, 11) is -3.73. The zero-order valence-electron chi connectivity index (χ0n) is 16.9. The van der Waals surface area contributed by atoms with Gasteiger partial charge < -0.3 is 4.57 Å². The van der Waals surface area contributed by atoms with Gasteiger partial charge in [-0.3, -0.25) is 5.10 Å². The van der Waals surface area contributed by atoms with Crippen molar-refractivity contribution < 1.29 is 12.8 Å². The number of sulfonamides is 1. The number of hydrogen-bond acceptors (Lipinski definition) is 4. The van der Waals surface area contributed by atoms with Crippen LogP contribution in [-0.2, 0) is 16.6 Å². The maximum absolute atomic E-state index is 13.6. The molecule has 7 nitrogen and oxygen atoms in total. The highest BCUT2D eigenvalue weighted by molar-refractivity contribution is 7.89. The van der Waals surface area contributed by atoms with Crippen molar-refractivity contribution in [2.75, 3.05) is 6.54 Å². The van der Waals surface area contributed by atoms with Crippen LogP contribution in [0.2, 0.25) is 0 Å². The van der Waals surface area contributed by atoms with Crippen molar-refractivity contribution in [3.8, 4) is 11.3 Å². The van der Waals surface area contributed by atoms with E-state index in [4.69, 9.17) is 4.98 Å². The molecular weight excluding hydrogens is 417 g/mol. The van der Waals surface area contributed by atoms with Crippen LogP contribution in [0.3, 0.4) is 0 Å². The lowest BCUT2D eigenvalue weighted by Gasteiger charge is -2.21. The number of pyridine rings is 1. The van der Waals surface area contributed by atoms with Crippen LogP contribution in [0.25, 0.3) is 22.3 Å². The Labute approximate surface area is 179 Å². The summed E-state index contributed by atoms with van der Waals surface area (Å²) in [6, 6.07) is 11.0. The van der Waals surface area contributed by atoms with Gasteiger partial charge in [-0.2, -0.15) is 9.40 Å². The van der Waals surface area contributed by atoms with E-state index in [9.17, 15) is 12.8 Å². The first-order valence-corrected chi connectivity index (χ1v) is 11.6. The van der Waals surface area contributed by atoms with E-state index in [-0.39, 0.29) is 16.9 Å². The molecule has 3 aromatic heterocycles. The van der Waals surface area contributed by atoms with Gasteiger partial charge in [0.05, 0.1) is 27.8 Å². The van der Waals surface area contributed by atoms with Crippen molar-refractivity contribution in [3.05, 3.63) is 66.9 Å². The molecule has 31 heavy (non-hydrogen) atoms. The minimum atomic E-state index is -3.73. The highest BCUT2D eigenvalue weighted by atomic mass is 32.2. The lowest BCUT2D eigenvalue weighted by molar-refractivity contribution is 0.399. The Kier molecular flexibility index (Phi) is 4.86. The first-order chi connectivity index (χ1) is 14.9. The van der Waals surface area contributed by atoms with Gasteiger partial charge in [-0.25, -0.2) is 17.8 Å². The average Bonchev–Trinajstić information content (AvgIpc) is 3.49. The number of halogens is 1. The van der Waals surface area contributed by atoms with Gasteiger partial charge >= 0.3 is 0 Å². The van der Waals surface area contributed by atoms with E-state index in [1.165, 1.54) is 22.5 Å². The summed E-state index contributed by atoms with van der Waals surface area (Å²) < 4.78 is 43.3. The van der Waals surface area contributed by atoms with E-state index in [0.29, 0.717) is 13.1 Å². The molecule has 2 atom stereocenters. The lowest BCUT2D eigenvalue weighted by atomic mass is 10.1. The second-order valence-corrected chi connectivity index (χ2v) is 9.93. The molecular formula is C22H22FN5O2S. The number of aromatic nitrogens is 4. The maximum Gasteiger partial charge on any atom is 0.243 e. The van der Waals surface area contributed by atoms with Gasteiger partial charge in [0, 0.05) is 37.1 Å². The maximum atomic E-state index is 13.6. The van der Waals surface area contributed by atoms with Crippen LogP contribution < -0.4 is 0 Å². The molecule has 4 heterocycles. The number of benzene rings is 1. The Balaban J connectivity index is 1.36. The van der Waals surface area contributed by atoms with Gasteiger partial charge in [0.25, 0.3) is 0 Å². The van der Waals surface area contributed by atoms with Gasteiger partial charge in [0.2, 0.25) is 10.0 Å². The molecule has 0 saturated carbocycles. The predicted molar refractivity (Wildman–Crippen MR) is 115 cm³/mol. The molecule has 160 valence electrons. The highest BCUT2D eigenvalue weighted by Crippen LogP contribution is 2.31. The number of aromatic amines is 1. The molecule has 1 saturated heterocycles. The van der Waals surface area contributed by atoms with Crippen LogP contribution in [0, 0.1) is 11.7 Å². The first kappa shape index (κ1) is 19.9. The molecule has 4 aromatic rings. The Hall–Kier alpha value is -3.04. The Morgan fingerprint density at radius 3 is 2.87 bits per heavy atom. The first-order valence-electron chi connectivity index (χ1n) is 10.1. The topological polar surface area (TPSA) is 83.9 Å². The number of rotatable bonds is 5. The number of fused-ring (bicyclic) bond motifs is 1. The van der Waals surface area contributed by atoms with E-state index in [1.807, 2.05) is 31.3 Å². The van der Waals surface area contributed by atoms with E-state index in [2.05, 4.69) is 14.8 Å². The third-order valence-electron chi connectivity index (χ3n) is 5.88. The minimum absolute atomic E-state index is 0.00221. The van der Waals surface area contributed by atoms with Gasteiger partial charge in [-0.1, -0.05) is 6.07 Å². The number of hydrogen-bond donors (Lipinski definition) is 1. The SMILES string of the molecule is C[C@H]1C[C@@H](Cn2ccc3nc(-c4cn[nH]c4)ccc32)CN1S(=O)(=O)c1cccc(F)c1. The van der Waals surface area contributed by atoms with E-state index >= 15 is 0 Å². The molecule has 1 N–H and O–H groups in total. The summed E-state index contributed by atoms with van der Waals surface area (Å²) in [4.78, 5) is 4.71. The van der Waals surface area contributed by atoms with Crippen LogP contribution in [0.1, 0.15) is 13.3 Å². The van der Waals surface area contributed by atoms with Crippen molar-refractivity contribution in [2.24, 2.45) is 5.92 Å². The van der Waals surface area contributed by atoms with E-state index in [0.717, 1.165) is 34.8 Å². The lowest BCUT2D eigenvalue weighted by Crippen LogP contribution is -2.34. The molecule has 0 spiro atoms. The molecule has 0 bridgehead atoms. The monoisotopic (exact) mass is 439 g/mol. The minimum Gasteiger partial charge on any atom is -0.346 e. The molecule has 1 aromatic carbocycles. The van der Waals surface area contributed by atoms with Crippen LogP contribution in [0.4, 0.5) is 4.39 Å². The summed E-state index contributed by atoms with van der Waals surface area (Å²) in [5.74, 6) is -0.395. The fourth-order valence-electron chi connectivity index (χ4n) is 4.40. The molecule has 1 fully saturated rings. The van der Waals surface area contributed by atoms with Crippen molar-refractivity contribution in [2.45, 2.75) is 30.8 Å². The van der Waals surface area contributed by atoms with E-state index < -0.39 is 15.8 Å². The number of nitrogens with zero attached hydrogens (tertiary/aromatic N) is 4. The molecule has 0 aliphatic carbocycles. The normalized spacial score (nSPS) is 19.9. The molecule has 0 radical (unpaired) electrons. The van der Waals surface area contributed by atoms with E-state index in [1.54, 1.807) is 12.4 Å².